The molecule has 0 N–H and O–H groups in total. The van der Waals surface area contributed by atoms with E-state index in [0.29, 0.717) is 5.56 Å². The van der Waals surface area contributed by atoms with Gasteiger partial charge < -0.3 is 0 Å². The fraction of sp³-hybridized carbons (Fsp3) is 0.143. The number of aryl methyl sites for hydroxylation is 1. The van der Waals surface area contributed by atoms with Gasteiger partial charge in [-0.25, -0.2) is 4.39 Å². The average Bonchev–Trinajstić information content (AvgIpc) is 2.32. The minimum absolute atomic E-state index is 0.284. The van der Waals surface area contributed by atoms with E-state index in [4.69, 9.17) is 11.6 Å². The van der Waals surface area contributed by atoms with E-state index in [9.17, 15) is 4.39 Å². The maximum atomic E-state index is 13.7. The molecule has 0 spiro atoms. The highest BCUT2D eigenvalue weighted by molar-refractivity contribution is 9.10. The van der Waals surface area contributed by atoms with Gasteiger partial charge in [0, 0.05) is 10.0 Å². The van der Waals surface area contributed by atoms with Crippen molar-refractivity contribution < 1.29 is 4.39 Å². The lowest BCUT2D eigenvalue weighted by Crippen LogP contribution is -1.97. The topological polar surface area (TPSA) is 0 Å². The van der Waals surface area contributed by atoms with E-state index >= 15 is 0 Å². The molecule has 88 valence electrons. The monoisotopic (exact) mass is 312 g/mol. The summed E-state index contributed by atoms with van der Waals surface area (Å²) in [5.74, 6) is -0.284. The summed E-state index contributed by atoms with van der Waals surface area (Å²) in [6, 6.07) is 12.6. The second-order valence-corrected chi connectivity index (χ2v) is 5.29. The maximum absolute atomic E-state index is 13.7. The van der Waals surface area contributed by atoms with Crippen molar-refractivity contribution in [2.24, 2.45) is 0 Å². The number of hydrogen-bond donors (Lipinski definition) is 0. The molecule has 1 atom stereocenters. The molecule has 17 heavy (non-hydrogen) atoms. The summed E-state index contributed by atoms with van der Waals surface area (Å²) in [5, 5.41) is -0.465. The van der Waals surface area contributed by atoms with Crippen molar-refractivity contribution in [3.8, 4) is 0 Å². The summed E-state index contributed by atoms with van der Waals surface area (Å²) < 4.78 is 14.5. The first kappa shape index (κ1) is 12.6. The van der Waals surface area contributed by atoms with Crippen LogP contribution in [0.15, 0.2) is 46.9 Å². The van der Waals surface area contributed by atoms with Crippen LogP contribution in [-0.2, 0) is 0 Å². The molecule has 0 aliphatic heterocycles. The molecular formula is C14H11BrClF. The first-order chi connectivity index (χ1) is 8.08. The molecule has 2 aromatic rings. The van der Waals surface area contributed by atoms with Gasteiger partial charge in [-0.15, -0.1) is 11.6 Å². The Hall–Kier alpha value is -0.860. The minimum atomic E-state index is -0.465. The van der Waals surface area contributed by atoms with Gasteiger partial charge in [0.2, 0.25) is 0 Å². The molecule has 0 heterocycles. The van der Waals surface area contributed by atoms with Gasteiger partial charge in [-0.1, -0.05) is 45.8 Å². The van der Waals surface area contributed by atoms with E-state index < -0.39 is 5.38 Å². The molecule has 0 nitrogen and oxygen atoms in total. The molecule has 0 saturated carbocycles. The van der Waals surface area contributed by atoms with Crippen LogP contribution < -0.4 is 0 Å². The Bertz CT molecular complexity index is 522. The minimum Gasteiger partial charge on any atom is -0.207 e. The van der Waals surface area contributed by atoms with Crippen molar-refractivity contribution in [2.75, 3.05) is 0 Å². The zero-order valence-electron chi connectivity index (χ0n) is 9.25. The van der Waals surface area contributed by atoms with E-state index in [2.05, 4.69) is 15.9 Å². The van der Waals surface area contributed by atoms with Gasteiger partial charge in [-0.05, 0) is 30.7 Å². The standard InChI is InChI=1S/C14H11BrClF/c1-9-2-4-10(5-3-9)14(16)12-8-11(15)6-7-13(12)17/h2-8,14H,1H3. The molecule has 0 aromatic heterocycles. The highest BCUT2D eigenvalue weighted by Crippen LogP contribution is 2.32. The zero-order valence-corrected chi connectivity index (χ0v) is 11.6. The number of alkyl halides is 1. The molecule has 0 saturated heterocycles. The van der Waals surface area contributed by atoms with Crippen molar-refractivity contribution in [3.05, 3.63) is 69.4 Å². The van der Waals surface area contributed by atoms with E-state index in [1.807, 2.05) is 31.2 Å². The van der Waals surface area contributed by atoms with Gasteiger partial charge in [-0.3, -0.25) is 0 Å². The van der Waals surface area contributed by atoms with Crippen LogP contribution >= 0.6 is 27.5 Å². The maximum Gasteiger partial charge on any atom is 0.128 e. The van der Waals surface area contributed by atoms with Crippen LogP contribution in [0.5, 0.6) is 0 Å². The van der Waals surface area contributed by atoms with Crippen LogP contribution in [0.25, 0.3) is 0 Å². The van der Waals surface area contributed by atoms with Crippen molar-refractivity contribution in [1.82, 2.24) is 0 Å². The lowest BCUT2D eigenvalue weighted by atomic mass is 10.0. The van der Waals surface area contributed by atoms with Crippen molar-refractivity contribution in [1.29, 1.82) is 0 Å². The van der Waals surface area contributed by atoms with Gasteiger partial charge >= 0.3 is 0 Å². The normalized spacial score (nSPS) is 12.5. The largest absolute Gasteiger partial charge is 0.207 e. The predicted molar refractivity (Wildman–Crippen MR) is 73.0 cm³/mol. The summed E-state index contributed by atoms with van der Waals surface area (Å²) in [4.78, 5) is 0. The average molecular weight is 314 g/mol. The zero-order chi connectivity index (χ0) is 12.4. The summed E-state index contributed by atoms with van der Waals surface area (Å²) in [7, 11) is 0. The lowest BCUT2D eigenvalue weighted by molar-refractivity contribution is 0.612. The van der Waals surface area contributed by atoms with Crippen molar-refractivity contribution in [2.45, 2.75) is 12.3 Å². The summed E-state index contributed by atoms with van der Waals surface area (Å²) in [6.45, 7) is 2.01. The fourth-order valence-corrected chi connectivity index (χ4v) is 2.32. The van der Waals surface area contributed by atoms with Gasteiger partial charge in [0.05, 0.1) is 5.38 Å². The Morgan fingerprint density at radius 3 is 2.41 bits per heavy atom. The first-order valence-corrected chi connectivity index (χ1v) is 6.46. The van der Waals surface area contributed by atoms with Gasteiger partial charge in [0.1, 0.15) is 5.82 Å². The third kappa shape index (κ3) is 2.88. The van der Waals surface area contributed by atoms with Gasteiger partial charge in [-0.2, -0.15) is 0 Å². The lowest BCUT2D eigenvalue weighted by Gasteiger charge is -2.12. The third-order valence-corrected chi connectivity index (χ3v) is 3.58. The quantitative estimate of drug-likeness (QED) is 0.666. The Balaban J connectivity index is 2.39. The molecule has 0 aliphatic carbocycles. The Kier molecular flexibility index (Phi) is 3.85. The Morgan fingerprint density at radius 2 is 1.76 bits per heavy atom. The summed E-state index contributed by atoms with van der Waals surface area (Å²) >= 11 is 9.62. The molecule has 1 unspecified atom stereocenters. The number of hydrogen-bond acceptors (Lipinski definition) is 0. The highest BCUT2D eigenvalue weighted by Gasteiger charge is 2.15. The summed E-state index contributed by atoms with van der Waals surface area (Å²) in [6.07, 6.45) is 0. The smallest absolute Gasteiger partial charge is 0.128 e. The molecule has 2 aromatic carbocycles. The Morgan fingerprint density at radius 1 is 1.12 bits per heavy atom. The van der Waals surface area contributed by atoms with E-state index in [1.54, 1.807) is 12.1 Å². The molecule has 0 fully saturated rings. The Labute approximate surface area is 114 Å². The fourth-order valence-electron chi connectivity index (χ4n) is 1.62. The van der Waals surface area contributed by atoms with Crippen molar-refractivity contribution >= 4 is 27.5 Å². The molecule has 3 heteroatoms. The van der Waals surface area contributed by atoms with Crippen LogP contribution in [0.4, 0.5) is 4.39 Å². The first-order valence-electron chi connectivity index (χ1n) is 5.23. The van der Waals surface area contributed by atoms with Gasteiger partial charge in [0.15, 0.2) is 0 Å². The van der Waals surface area contributed by atoms with Crippen LogP contribution in [-0.4, -0.2) is 0 Å². The molecular weight excluding hydrogens is 303 g/mol. The molecule has 0 bridgehead atoms. The SMILES string of the molecule is Cc1ccc(C(Cl)c2cc(Br)ccc2F)cc1. The molecule has 2 rings (SSSR count). The second kappa shape index (κ2) is 5.19. The number of halogens is 3. The van der Waals surface area contributed by atoms with Gasteiger partial charge in [0.25, 0.3) is 0 Å². The highest BCUT2D eigenvalue weighted by atomic mass is 79.9. The predicted octanol–water partition coefficient (Wildman–Crippen LogP) is 5.22. The molecule has 0 aliphatic rings. The van der Waals surface area contributed by atoms with Crippen LogP contribution in [0.1, 0.15) is 22.1 Å². The van der Waals surface area contributed by atoms with Crippen LogP contribution in [0, 0.1) is 12.7 Å². The van der Waals surface area contributed by atoms with Crippen molar-refractivity contribution in [3.63, 3.8) is 0 Å². The summed E-state index contributed by atoms with van der Waals surface area (Å²) in [5.41, 5.74) is 2.55. The van der Waals surface area contributed by atoms with E-state index in [1.165, 1.54) is 6.07 Å². The molecule has 0 radical (unpaired) electrons. The third-order valence-electron chi connectivity index (χ3n) is 2.60. The van der Waals surface area contributed by atoms with Crippen LogP contribution in [0.3, 0.4) is 0 Å². The van der Waals surface area contributed by atoms with E-state index in [0.717, 1.165) is 15.6 Å². The van der Waals surface area contributed by atoms with Crippen LogP contribution in [0.2, 0.25) is 0 Å². The second-order valence-electron chi connectivity index (χ2n) is 3.94. The number of rotatable bonds is 2. The van der Waals surface area contributed by atoms with E-state index in [-0.39, 0.29) is 5.82 Å². The molecule has 0 amide bonds. The number of benzene rings is 2.